The van der Waals surface area contributed by atoms with Crippen molar-refractivity contribution in [1.82, 2.24) is 14.7 Å². The predicted octanol–water partition coefficient (Wildman–Crippen LogP) is 2.02. The fourth-order valence-corrected chi connectivity index (χ4v) is 2.67. The molecule has 4 nitrogen and oxygen atoms in total. The number of benzene rings is 1. The summed E-state index contributed by atoms with van der Waals surface area (Å²) in [7, 11) is 4.10. The molecule has 0 atom stereocenters. The Morgan fingerprint density at radius 1 is 1.32 bits per heavy atom. The van der Waals surface area contributed by atoms with Gasteiger partial charge in [0.2, 0.25) is 0 Å². The van der Waals surface area contributed by atoms with Gasteiger partial charge in [-0.05, 0) is 30.7 Å². The van der Waals surface area contributed by atoms with Crippen LogP contribution in [0.5, 0.6) is 0 Å². The summed E-state index contributed by atoms with van der Waals surface area (Å²) < 4.78 is 1.85. The van der Waals surface area contributed by atoms with E-state index in [0.29, 0.717) is 0 Å². The second-order valence-corrected chi connectivity index (χ2v) is 5.36. The minimum Gasteiger partial charge on any atom is -0.384 e. The number of fused-ring (bicyclic) bond motifs is 1. The van der Waals surface area contributed by atoms with E-state index in [2.05, 4.69) is 46.8 Å². The molecule has 1 aromatic carbocycles. The van der Waals surface area contributed by atoms with Crippen LogP contribution in [-0.2, 0) is 26.6 Å². The molecular weight excluding hydrogens is 236 g/mol. The molecule has 1 N–H and O–H groups in total. The van der Waals surface area contributed by atoms with Gasteiger partial charge in [-0.25, -0.2) is 0 Å². The first-order valence-electron chi connectivity index (χ1n) is 6.72. The van der Waals surface area contributed by atoms with Crippen LogP contribution in [-0.4, -0.2) is 28.3 Å². The highest BCUT2D eigenvalue weighted by molar-refractivity contribution is 5.56. The Morgan fingerprint density at radius 3 is 2.95 bits per heavy atom. The third kappa shape index (κ3) is 2.79. The van der Waals surface area contributed by atoms with E-state index in [-0.39, 0.29) is 0 Å². The Kier molecular flexibility index (Phi) is 3.25. The predicted molar refractivity (Wildman–Crippen MR) is 77.0 cm³/mol. The number of aryl methyl sites for hydroxylation is 1. The smallest absolute Gasteiger partial charge is 0.0534 e. The summed E-state index contributed by atoms with van der Waals surface area (Å²) in [5.74, 6) is 0. The fourth-order valence-electron chi connectivity index (χ4n) is 2.67. The first-order chi connectivity index (χ1) is 9.20. The molecule has 0 radical (unpaired) electrons. The summed E-state index contributed by atoms with van der Waals surface area (Å²) >= 11 is 0. The lowest BCUT2D eigenvalue weighted by atomic mass is 10.1. The second-order valence-electron chi connectivity index (χ2n) is 5.36. The summed E-state index contributed by atoms with van der Waals surface area (Å²) in [5, 5.41) is 7.64. The number of hydrogen-bond donors (Lipinski definition) is 1. The van der Waals surface area contributed by atoms with E-state index in [1.165, 1.54) is 22.4 Å². The second kappa shape index (κ2) is 5.05. The lowest BCUT2D eigenvalue weighted by molar-refractivity contribution is 0.319. The van der Waals surface area contributed by atoms with Gasteiger partial charge >= 0.3 is 0 Å². The molecule has 0 amide bonds. The molecule has 19 heavy (non-hydrogen) atoms. The fraction of sp³-hybridized carbons (Fsp3) is 0.400. The van der Waals surface area contributed by atoms with E-state index in [1.54, 1.807) is 0 Å². The SMILES string of the molecule is CN(Cc1ccc2c(c1)NCC2)Cc1cnn(C)c1. The van der Waals surface area contributed by atoms with Crippen molar-refractivity contribution in [1.29, 1.82) is 0 Å². The van der Waals surface area contributed by atoms with E-state index in [9.17, 15) is 0 Å². The maximum absolute atomic E-state index is 4.20. The van der Waals surface area contributed by atoms with Gasteiger partial charge in [0.25, 0.3) is 0 Å². The molecule has 0 spiro atoms. The Hall–Kier alpha value is -1.81. The standard InChI is InChI=1S/C15H20N4/c1-18(10-13-8-17-19(2)11-13)9-12-3-4-14-5-6-16-15(14)7-12/h3-4,7-8,11,16H,5-6,9-10H2,1-2H3. The molecule has 2 heterocycles. The quantitative estimate of drug-likeness (QED) is 0.908. The molecule has 0 saturated heterocycles. The molecule has 0 aliphatic carbocycles. The molecule has 1 aromatic heterocycles. The van der Waals surface area contributed by atoms with Crippen molar-refractivity contribution in [2.75, 3.05) is 18.9 Å². The Bertz CT molecular complexity index is 573. The van der Waals surface area contributed by atoms with Gasteiger partial charge in [0.15, 0.2) is 0 Å². The topological polar surface area (TPSA) is 33.1 Å². The first-order valence-corrected chi connectivity index (χ1v) is 6.72. The van der Waals surface area contributed by atoms with Crippen LogP contribution in [0.4, 0.5) is 5.69 Å². The van der Waals surface area contributed by atoms with E-state index in [0.717, 1.165) is 26.1 Å². The van der Waals surface area contributed by atoms with Crippen LogP contribution < -0.4 is 5.32 Å². The number of nitrogens with one attached hydrogen (secondary N) is 1. The largest absolute Gasteiger partial charge is 0.384 e. The maximum atomic E-state index is 4.20. The van der Waals surface area contributed by atoms with Crippen molar-refractivity contribution < 1.29 is 0 Å². The van der Waals surface area contributed by atoms with E-state index >= 15 is 0 Å². The van der Waals surface area contributed by atoms with Crippen LogP contribution in [0.25, 0.3) is 0 Å². The monoisotopic (exact) mass is 256 g/mol. The molecule has 4 heteroatoms. The van der Waals surface area contributed by atoms with Gasteiger partial charge in [0.05, 0.1) is 6.20 Å². The van der Waals surface area contributed by atoms with Crippen LogP contribution in [0, 0.1) is 0 Å². The van der Waals surface area contributed by atoms with Crippen molar-refractivity contribution >= 4 is 5.69 Å². The van der Waals surface area contributed by atoms with Gasteiger partial charge in [-0.2, -0.15) is 5.10 Å². The lowest BCUT2D eigenvalue weighted by Gasteiger charge is -2.16. The van der Waals surface area contributed by atoms with Gasteiger partial charge in [0.1, 0.15) is 0 Å². The van der Waals surface area contributed by atoms with Crippen molar-refractivity contribution in [2.45, 2.75) is 19.5 Å². The molecule has 0 bridgehead atoms. The summed E-state index contributed by atoms with van der Waals surface area (Å²) in [6.45, 7) is 2.96. The van der Waals surface area contributed by atoms with Gasteiger partial charge in [-0.15, -0.1) is 0 Å². The lowest BCUT2D eigenvalue weighted by Crippen LogP contribution is -2.17. The van der Waals surface area contributed by atoms with E-state index in [4.69, 9.17) is 0 Å². The number of aromatic nitrogens is 2. The Morgan fingerprint density at radius 2 is 2.16 bits per heavy atom. The zero-order chi connectivity index (χ0) is 13.2. The van der Waals surface area contributed by atoms with E-state index < -0.39 is 0 Å². The van der Waals surface area contributed by atoms with Crippen LogP contribution >= 0.6 is 0 Å². The molecule has 1 aliphatic rings. The molecule has 0 unspecified atom stereocenters. The van der Waals surface area contributed by atoms with Crippen LogP contribution in [0.1, 0.15) is 16.7 Å². The summed E-state index contributed by atoms with van der Waals surface area (Å²) in [6, 6.07) is 6.77. The highest BCUT2D eigenvalue weighted by Crippen LogP contribution is 2.23. The summed E-state index contributed by atoms with van der Waals surface area (Å²) in [4.78, 5) is 2.31. The molecule has 1 aliphatic heterocycles. The summed E-state index contributed by atoms with van der Waals surface area (Å²) in [6.07, 6.45) is 5.16. The average molecular weight is 256 g/mol. The third-order valence-corrected chi connectivity index (χ3v) is 3.55. The van der Waals surface area contributed by atoms with Gasteiger partial charge in [-0.1, -0.05) is 12.1 Å². The minimum absolute atomic E-state index is 0.929. The van der Waals surface area contributed by atoms with Crippen molar-refractivity contribution in [3.05, 3.63) is 47.3 Å². The van der Waals surface area contributed by atoms with Gasteiger partial charge in [0, 0.05) is 44.1 Å². The van der Waals surface area contributed by atoms with Crippen LogP contribution in [0.3, 0.4) is 0 Å². The minimum atomic E-state index is 0.929. The zero-order valence-corrected chi connectivity index (χ0v) is 11.6. The van der Waals surface area contributed by atoms with Crippen molar-refractivity contribution in [3.63, 3.8) is 0 Å². The number of hydrogen-bond acceptors (Lipinski definition) is 3. The van der Waals surface area contributed by atoms with Crippen molar-refractivity contribution in [3.8, 4) is 0 Å². The van der Waals surface area contributed by atoms with Crippen molar-refractivity contribution in [2.24, 2.45) is 7.05 Å². The third-order valence-electron chi connectivity index (χ3n) is 3.55. The van der Waals surface area contributed by atoms with Crippen LogP contribution in [0.2, 0.25) is 0 Å². The Balaban J connectivity index is 1.64. The number of anilines is 1. The highest BCUT2D eigenvalue weighted by atomic mass is 15.2. The molecule has 0 saturated carbocycles. The average Bonchev–Trinajstić information content (AvgIpc) is 2.97. The molecular formula is C15H20N4. The summed E-state index contributed by atoms with van der Waals surface area (Å²) in [5.41, 5.74) is 5.37. The maximum Gasteiger partial charge on any atom is 0.0534 e. The molecule has 100 valence electrons. The van der Waals surface area contributed by atoms with Gasteiger partial charge in [-0.3, -0.25) is 9.58 Å². The molecule has 2 aromatic rings. The highest BCUT2D eigenvalue weighted by Gasteiger charge is 2.11. The molecule has 3 rings (SSSR count). The van der Waals surface area contributed by atoms with Crippen LogP contribution in [0.15, 0.2) is 30.6 Å². The number of nitrogens with zero attached hydrogens (tertiary/aromatic N) is 3. The Labute approximate surface area is 114 Å². The number of rotatable bonds is 4. The zero-order valence-electron chi connectivity index (χ0n) is 11.6. The van der Waals surface area contributed by atoms with E-state index in [1.807, 2.05) is 17.9 Å². The normalized spacial score (nSPS) is 13.6. The first kappa shape index (κ1) is 12.2. The van der Waals surface area contributed by atoms with Gasteiger partial charge < -0.3 is 5.32 Å². The molecule has 0 fully saturated rings.